The molecule has 1 aliphatic heterocycles. The molecule has 1 atom stereocenters. The van der Waals surface area contributed by atoms with E-state index in [1.807, 2.05) is 18.2 Å². The minimum atomic E-state index is -0.364. The molecule has 4 amide bonds. The lowest BCUT2D eigenvalue weighted by Gasteiger charge is -2.31. The Morgan fingerprint density at radius 3 is 2.19 bits per heavy atom. The van der Waals surface area contributed by atoms with Crippen LogP contribution in [0.25, 0.3) is 0 Å². The minimum Gasteiger partial charge on any atom is -0.369 e. The van der Waals surface area contributed by atoms with Crippen LogP contribution in [0, 0.1) is 5.92 Å². The van der Waals surface area contributed by atoms with Gasteiger partial charge in [-0.05, 0) is 49.2 Å². The third kappa shape index (κ3) is 4.84. The predicted octanol–water partition coefficient (Wildman–Crippen LogP) is 2.67. The van der Waals surface area contributed by atoms with Crippen LogP contribution in [0.15, 0.2) is 54.6 Å². The van der Waals surface area contributed by atoms with Crippen molar-refractivity contribution in [3.05, 3.63) is 60.2 Å². The molecule has 2 aromatic rings. The SMILES string of the molecule is NC(=O)C1CCCN(C(=O)c2ccc(NC(=O)Nc3ccccc3)cc2)C1. The van der Waals surface area contributed by atoms with Gasteiger partial charge in [0, 0.05) is 30.0 Å². The van der Waals surface area contributed by atoms with E-state index in [0.29, 0.717) is 30.0 Å². The monoisotopic (exact) mass is 366 g/mol. The number of nitrogens with zero attached hydrogens (tertiary/aromatic N) is 1. The summed E-state index contributed by atoms with van der Waals surface area (Å²) in [5.41, 5.74) is 7.14. The van der Waals surface area contributed by atoms with Gasteiger partial charge in [0.25, 0.3) is 5.91 Å². The van der Waals surface area contributed by atoms with Crippen LogP contribution in [-0.4, -0.2) is 35.8 Å². The molecule has 0 saturated carbocycles. The van der Waals surface area contributed by atoms with Crippen molar-refractivity contribution in [2.75, 3.05) is 23.7 Å². The zero-order valence-corrected chi connectivity index (χ0v) is 14.9. The summed E-state index contributed by atoms with van der Waals surface area (Å²) < 4.78 is 0. The van der Waals surface area contributed by atoms with Gasteiger partial charge in [-0.25, -0.2) is 4.79 Å². The number of benzene rings is 2. The van der Waals surface area contributed by atoms with Gasteiger partial charge in [-0.2, -0.15) is 0 Å². The fourth-order valence-corrected chi connectivity index (χ4v) is 3.09. The maximum Gasteiger partial charge on any atom is 0.323 e. The summed E-state index contributed by atoms with van der Waals surface area (Å²) in [5, 5.41) is 5.45. The van der Waals surface area contributed by atoms with Crippen LogP contribution in [0.3, 0.4) is 0 Å². The number of nitrogens with two attached hydrogens (primary N) is 1. The summed E-state index contributed by atoms with van der Waals surface area (Å²) in [5.74, 6) is -0.789. The number of amides is 4. The van der Waals surface area contributed by atoms with Gasteiger partial charge in [-0.15, -0.1) is 0 Å². The van der Waals surface area contributed by atoms with Gasteiger partial charge < -0.3 is 21.3 Å². The number of hydrogen-bond donors (Lipinski definition) is 3. The number of hydrogen-bond acceptors (Lipinski definition) is 3. The van der Waals surface area contributed by atoms with Crippen molar-refractivity contribution in [3.8, 4) is 0 Å². The summed E-state index contributed by atoms with van der Waals surface area (Å²) in [6.07, 6.45) is 1.48. The molecule has 7 heteroatoms. The summed E-state index contributed by atoms with van der Waals surface area (Å²) in [4.78, 5) is 37.7. The Labute approximate surface area is 157 Å². The average Bonchev–Trinajstić information content (AvgIpc) is 2.69. The number of anilines is 2. The Bertz CT molecular complexity index is 821. The summed E-state index contributed by atoms with van der Waals surface area (Å²) >= 11 is 0. The molecule has 0 spiro atoms. The molecule has 27 heavy (non-hydrogen) atoms. The summed E-state index contributed by atoms with van der Waals surface area (Å²) in [7, 11) is 0. The number of primary amides is 1. The zero-order valence-electron chi connectivity index (χ0n) is 14.9. The highest BCUT2D eigenvalue weighted by Crippen LogP contribution is 2.19. The number of rotatable bonds is 4. The standard InChI is InChI=1S/C20H22N4O3/c21-18(25)15-5-4-12-24(13-15)19(26)14-8-10-17(11-9-14)23-20(27)22-16-6-2-1-3-7-16/h1-3,6-11,15H,4-5,12-13H2,(H2,21,25)(H2,22,23,27). The first-order valence-electron chi connectivity index (χ1n) is 8.84. The van der Waals surface area contributed by atoms with Crippen LogP contribution >= 0.6 is 0 Å². The lowest BCUT2D eigenvalue weighted by atomic mass is 9.97. The predicted molar refractivity (Wildman–Crippen MR) is 103 cm³/mol. The number of carbonyl (C=O) groups is 3. The highest BCUT2D eigenvalue weighted by Gasteiger charge is 2.27. The first-order chi connectivity index (χ1) is 13.0. The number of urea groups is 1. The molecular formula is C20H22N4O3. The van der Waals surface area contributed by atoms with Gasteiger partial charge in [0.05, 0.1) is 5.92 Å². The van der Waals surface area contributed by atoms with Crippen LogP contribution in [0.1, 0.15) is 23.2 Å². The van der Waals surface area contributed by atoms with Gasteiger partial charge in [-0.1, -0.05) is 18.2 Å². The van der Waals surface area contributed by atoms with Gasteiger partial charge in [0.15, 0.2) is 0 Å². The van der Waals surface area contributed by atoms with Crippen molar-refractivity contribution in [1.29, 1.82) is 0 Å². The molecule has 1 unspecified atom stereocenters. The number of likely N-dealkylation sites (tertiary alicyclic amines) is 1. The Balaban J connectivity index is 1.58. The second-order valence-corrected chi connectivity index (χ2v) is 6.52. The van der Waals surface area contributed by atoms with Crippen molar-refractivity contribution in [2.45, 2.75) is 12.8 Å². The second kappa shape index (κ2) is 8.35. The average molecular weight is 366 g/mol. The fraction of sp³-hybridized carbons (Fsp3) is 0.250. The van der Waals surface area contributed by atoms with Crippen LogP contribution < -0.4 is 16.4 Å². The maximum atomic E-state index is 12.6. The quantitative estimate of drug-likeness (QED) is 0.775. The first-order valence-corrected chi connectivity index (χ1v) is 8.84. The second-order valence-electron chi connectivity index (χ2n) is 6.52. The van der Waals surface area contributed by atoms with E-state index in [-0.39, 0.29) is 23.8 Å². The van der Waals surface area contributed by atoms with E-state index < -0.39 is 0 Å². The molecule has 1 saturated heterocycles. The molecule has 3 rings (SSSR count). The smallest absolute Gasteiger partial charge is 0.323 e. The van der Waals surface area contributed by atoms with E-state index >= 15 is 0 Å². The number of piperidine rings is 1. The van der Waals surface area contributed by atoms with Crippen molar-refractivity contribution in [1.82, 2.24) is 4.90 Å². The number of nitrogens with one attached hydrogen (secondary N) is 2. The fourth-order valence-electron chi connectivity index (χ4n) is 3.09. The van der Waals surface area contributed by atoms with Gasteiger partial charge in [0.1, 0.15) is 0 Å². The highest BCUT2D eigenvalue weighted by molar-refractivity contribution is 6.00. The Kier molecular flexibility index (Phi) is 5.71. The Morgan fingerprint density at radius 1 is 0.926 bits per heavy atom. The third-order valence-corrected chi connectivity index (χ3v) is 4.53. The zero-order chi connectivity index (χ0) is 19.2. The van der Waals surface area contributed by atoms with E-state index in [0.717, 1.165) is 12.8 Å². The topological polar surface area (TPSA) is 105 Å². The van der Waals surface area contributed by atoms with E-state index in [1.165, 1.54) is 0 Å². The normalized spacial score (nSPS) is 16.4. The summed E-state index contributed by atoms with van der Waals surface area (Å²) in [6, 6.07) is 15.4. The third-order valence-electron chi connectivity index (χ3n) is 4.53. The molecular weight excluding hydrogens is 344 g/mol. The molecule has 1 fully saturated rings. The minimum absolute atomic E-state index is 0.138. The van der Waals surface area contributed by atoms with Crippen molar-refractivity contribution >= 4 is 29.2 Å². The lowest BCUT2D eigenvalue weighted by Crippen LogP contribution is -2.44. The molecule has 7 nitrogen and oxygen atoms in total. The Hall–Kier alpha value is -3.35. The van der Waals surface area contributed by atoms with Crippen molar-refractivity contribution in [3.63, 3.8) is 0 Å². The molecule has 2 aromatic carbocycles. The highest BCUT2D eigenvalue weighted by atomic mass is 16.2. The molecule has 4 N–H and O–H groups in total. The number of para-hydroxylation sites is 1. The van der Waals surface area contributed by atoms with Crippen LogP contribution in [0.4, 0.5) is 16.2 Å². The lowest BCUT2D eigenvalue weighted by molar-refractivity contribution is -0.123. The van der Waals surface area contributed by atoms with Crippen molar-refractivity contribution < 1.29 is 14.4 Å². The van der Waals surface area contributed by atoms with Crippen molar-refractivity contribution in [2.24, 2.45) is 11.7 Å². The molecule has 0 bridgehead atoms. The van der Waals surface area contributed by atoms with E-state index in [4.69, 9.17) is 5.73 Å². The van der Waals surface area contributed by atoms with Gasteiger partial charge in [-0.3, -0.25) is 9.59 Å². The van der Waals surface area contributed by atoms with E-state index in [2.05, 4.69) is 10.6 Å². The molecule has 0 aliphatic carbocycles. The molecule has 1 heterocycles. The largest absolute Gasteiger partial charge is 0.369 e. The van der Waals surface area contributed by atoms with Crippen LogP contribution in [0.2, 0.25) is 0 Å². The van der Waals surface area contributed by atoms with E-state index in [1.54, 1.807) is 41.3 Å². The molecule has 140 valence electrons. The van der Waals surface area contributed by atoms with E-state index in [9.17, 15) is 14.4 Å². The summed E-state index contributed by atoms with van der Waals surface area (Å²) in [6.45, 7) is 0.968. The Morgan fingerprint density at radius 2 is 1.56 bits per heavy atom. The van der Waals surface area contributed by atoms with Gasteiger partial charge >= 0.3 is 6.03 Å². The number of carbonyl (C=O) groups excluding carboxylic acids is 3. The van der Waals surface area contributed by atoms with Crippen LogP contribution in [0.5, 0.6) is 0 Å². The molecule has 1 aliphatic rings. The van der Waals surface area contributed by atoms with Gasteiger partial charge in [0.2, 0.25) is 5.91 Å². The first kappa shape index (κ1) is 18.4. The van der Waals surface area contributed by atoms with Crippen LogP contribution in [-0.2, 0) is 4.79 Å². The molecule has 0 radical (unpaired) electrons. The molecule has 0 aromatic heterocycles. The maximum absolute atomic E-state index is 12.6.